The number of rotatable bonds is 6. The van der Waals surface area contributed by atoms with Crippen LogP contribution in [0, 0.1) is 5.82 Å². The Balaban J connectivity index is 1.46. The van der Waals surface area contributed by atoms with E-state index in [4.69, 9.17) is 4.74 Å². The molecule has 0 saturated carbocycles. The highest BCUT2D eigenvalue weighted by Gasteiger charge is 2.24. The fraction of sp³-hybridized carbons (Fsp3) is 0.273. The van der Waals surface area contributed by atoms with Gasteiger partial charge in [-0.1, -0.05) is 24.3 Å². The van der Waals surface area contributed by atoms with Crippen molar-refractivity contribution >= 4 is 23.6 Å². The minimum atomic E-state index is -0.386. The molecule has 1 aliphatic rings. The van der Waals surface area contributed by atoms with Gasteiger partial charge in [-0.25, -0.2) is 4.39 Å². The zero-order valence-electron chi connectivity index (χ0n) is 16.4. The molecule has 2 amide bonds. The Bertz CT molecular complexity index is 892. The molecule has 0 unspecified atom stereocenters. The van der Waals surface area contributed by atoms with Gasteiger partial charge in [0.15, 0.2) is 6.54 Å². The molecule has 2 N–H and O–H groups in total. The number of quaternary nitrogens is 1. The van der Waals surface area contributed by atoms with E-state index in [1.165, 1.54) is 12.1 Å². The zero-order chi connectivity index (χ0) is 20.6. The largest absolute Gasteiger partial charge is 0.496 e. The number of carbonyl (C=O) groups is 2. The van der Waals surface area contributed by atoms with Crippen molar-refractivity contribution in [2.24, 2.45) is 0 Å². The molecule has 29 heavy (non-hydrogen) atoms. The number of hydrogen-bond donors (Lipinski definition) is 2. The second-order valence-electron chi connectivity index (χ2n) is 6.89. The first-order valence-corrected chi connectivity index (χ1v) is 9.54. The van der Waals surface area contributed by atoms with Crippen LogP contribution in [-0.4, -0.2) is 56.5 Å². The third-order valence-electron chi connectivity index (χ3n) is 4.85. The lowest BCUT2D eigenvalue weighted by molar-refractivity contribution is -0.895. The highest BCUT2D eigenvalue weighted by atomic mass is 19.1. The Morgan fingerprint density at radius 1 is 1.17 bits per heavy atom. The average Bonchev–Trinajstić information content (AvgIpc) is 2.72. The van der Waals surface area contributed by atoms with Crippen molar-refractivity contribution in [1.29, 1.82) is 0 Å². The van der Waals surface area contributed by atoms with E-state index in [0.29, 0.717) is 31.9 Å². The van der Waals surface area contributed by atoms with Crippen LogP contribution in [-0.2, 0) is 9.59 Å². The van der Waals surface area contributed by atoms with Gasteiger partial charge >= 0.3 is 0 Å². The number of para-hydroxylation sites is 1. The molecule has 0 atom stereocenters. The second kappa shape index (κ2) is 9.84. The minimum Gasteiger partial charge on any atom is -0.496 e. The topological polar surface area (TPSA) is 63.1 Å². The third kappa shape index (κ3) is 5.89. The van der Waals surface area contributed by atoms with Gasteiger partial charge in [-0.15, -0.1) is 0 Å². The summed E-state index contributed by atoms with van der Waals surface area (Å²) in [6.45, 7) is 2.82. The maximum atomic E-state index is 13.2. The molecule has 6 nitrogen and oxygen atoms in total. The number of ether oxygens (including phenoxy) is 1. The molecular formula is C22H25FN3O3+. The van der Waals surface area contributed by atoms with Gasteiger partial charge in [0, 0.05) is 17.3 Å². The van der Waals surface area contributed by atoms with Crippen LogP contribution >= 0.6 is 0 Å². The van der Waals surface area contributed by atoms with Crippen molar-refractivity contribution in [2.45, 2.75) is 0 Å². The van der Waals surface area contributed by atoms with Gasteiger partial charge < -0.3 is 19.9 Å². The number of methoxy groups -OCH3 is 1. The summed E-state index contributed by atoms with van der Waals surface area (Å²) in [7, 11) is 1.60. The van der Waals surface area contributed by atoms with Crippen molar-refractivity contribution in [3.63, 3.8) is 0 Å². The van der Waals surface area contributed by atoms with E-state index >= 15 is 0 Å². The highest BCUT2D eigenvalue weighted by molar-refractivity contribution is 5.92. The van der Waals surface area contributed by atoms with Gasteiger partial charge in [-0.2, -0.15) is 0 Å². The molecule has 0 bridgehead atoms. The van der Waals surface area contributed by atoms with Crippen LogP contribution in [0.1, 0.15) is 5.56 Å². The molecule has 2 aromatic rings. The molecule has 2 aromatic carbocycles. The highest BCUT2D eigenvalue weighted by Crippen LogP contribution is 2.18. The summed E-state index contributed by atoms with van der Waals surface area (Å²) in [5, 5.41) is 2.71. The lowest BCUT2D eigenvalue weighted by Crippen LogP contribution is -3.15. The van der Waals surface area contributed by atoms with Gasteiger partial charge in [-0.3, -0.25) is 9.59 Å². The van der Waals surface area contributed by atoms with E-state index in [9.17, 15) is 14.0 Å². The SMILES string of the molecule is COc1ccccc1/C=C/C(=O)N1CC[NH+](CC(=O)Nc2cccc(F)c2)CC1. The molecule has 0 spiro atoms. The normalized spacial score (nSPS) is 14.8. The van der Waals surface area contributed by atoms with E-state index in [-0.39, 0.29) is 24.2 Å². The first-order chi connectivity index (χ1) is 14.0. The number of hydrogen-bond acceptors (Lipinski definition) is 3. The maximum absolute atomic E-state index is 13.2. The number of halogens is 1. The summed E-state index contributed by atoms with van der Waals surface area (Å²) in [5.74, 6) is 0.110. The summed E-state index contributed by atoms with van der Waals surface area (Å²) < 4.78 is 18.5. The summed E-state index contributed by atoms with van der Waals surface area (Å²) in [6.07, 6.45) is 3.31. The van der Waals surface area contributed by atoms with E-state index in [2.05, 4.69) is 5.32 Å². The molecule has 1 fully saturated rings. The smallest absolute Gasteiger partial charge is 0.279 e. The summed E-state index contributed by atoms with van der Waals surface area (Å²) >= 11 is 0. The monoisotopic (exact) mass is 398 g/mol. The molecule has 7 heteroatoms. The Morgan fingerprint density at radius 3 is 2.66 bits per heavy atom. The first-order valence-electron chi connectivity index (χ1n) is 9.54. The summed E-state index contributed by atoms with van der Waals surface area (Å²) in [6, 6.07) is 13.3. The van der Waals surface area contributed by atoms with Gasteiger partial charge in [0.25, 0.3) is 5.91 Å². The fourth-order valence-electron chi connectivity index (χ4n) is 3.29. The molecule has 1 aliphatic heterocycles. The van der Waals surface area contributed by atoms with Crippen LogP contribution in [0.4, 0.5) is 10.1 Å². The standard InChI is InChI=1S/C22H24FN3O3/c1-29-20-8-3-2-5-17(20)9-10-22(28)26-13-11-25(12-14-26)16-21(27)24-19-7-4-6-18(23)15-19/h2-10,15H,11-14,16H2,1H3,(H,24,27)/p+1/b10-9+. The molecule has 0 radical (unpaired) electrons. The van der Waals surface area contributed by atoms with Crippen LogP contribution in [0.25, 0.3) is 6.08 Å². The van der Waals surface area contributed by atoms with E-state index in [0.717, 1.165) is 16.2 Å². The molecule has 152 valence electrons. The molecule has 1 saturated heterocycles. The van der Waals surface area contributed by atoms with Crippen LogP contribution in [0.3, 0.4) is 0 Å². The Kier molecular flexibility index (Phi) is 6.97. The van der Waals surface area contributed by atoms with Crippen LogP contribution in [0.15, 0.2) is 54.6 Å². The van der Waals surface area contributed by atoms with Crippen LogP contribution in [0.2, 0.25) is 0 Å². The van der Waals surface area contributed by atoms with Crippen molar-refractivity contribution in [3.8, 4) is 5.75 Å². The summed E-state index contributed by atoms with van der Waals surface area (Å²) in [4.78, 5) is 27.5. The minimum absolute atomic E-state index is 0.0563. The Morgan fingerprint density at radius 2 is 1.93 bits per heavy atom. The Labute approximate surface area is 169 Å². The third-order valence-corrected chi connectivity index (χ3v) is 4.85. The molecule has 1 heterocycles. The predicted molar refractivity (Wildman–Crippen MR) is 109 cm³/mol. The van der Waals surface area contributed by atoms with E-state index in [1.807, 2.05) is 24.3 Å². The number of amides is 2. The van der Waals surface area contributed by atoms with Crippen molar-refractivity contribution < 1.29 is 23.6 Å². The van der Waals surface area contributed by atoms with Crippen molar-refractivity contribution in [2.75, 3.05) is 45.2 Å². The Hall–Kier alpha value is -3.19. The number of carbonyl (C=O) groups excluding carboxylic acids is 2. The lowest BCUT2D eigenvalue weighted by Gasteiger charge is -2.31. The molecular weight excluding hydrogens is 373 g/mol. The predicted octanol–water partition coefficient (Wildman–Crippen LogP) is 1.21. The number of anilines is 1. The number of piperazine rings is 1. The van der Waals surface area contributed by atoms with Crippen molar-refractivity contribution in [1.82, 2.24) is 4.90 Å². The van der Waals surface area contributed by atoms with Crippen LogP contribution < -0.4 is 15.0 Å². The second-order valence-corrected chi connectivity index (χ2v) is 6.89. The zero-order valence-corrected chi connectivity index (χ0v) is 16.4. The van der Waals surface area contributed by atoms with E-state index < -0.39 is 0 Å². The fourth-order valence-corrected chi connectivity index (χ4v) is 3.29. The molecule has 0 aliphatic carbocycles. The van der Waals surface area contributed by atoms with E-state index in [1.54, 1.807) is 36.3 Å². The van der Waals surface area contributed by atoms with Gasteiger partial charge in [0.05, 0.1) is 33.3 Å². The first kappa shape index (κ1) is 20.5. The number of nitrogens with zero attached hydrogens (tertiary/aromatic N) is 1. The van der Waals surface area contributed by atoms with Crippen molar-refractivity contribution in [3.05, 3.63) is 66.0 Å². The maximum Gasteiger partial charge on any atom is 0.279 e. The molecule has 3 rings (SSSR count). The number of nitrogens with one attached hydrogen (secondary N) is 2. The number of benzene rings is 2. The van der Waals surface area contributed by atoms with Gasteiger partial charge in [0.2, 0.25) is 5.91 Å². The van der Waals surface area contributed by atoms with Gasteiger partial charge in [-0.05, 0) is 30.3 Å². The average molecular weight is 398 g/mol. The summed E-state index contributed by atoms with van der Waals surface area (Å²) in [5.41, 5.74) is 1.30. The molecule has 0 aromatic heterocycles. The van der Waals surface area contributed by atoms with Crippen LogP contribution in [0.5, 0.6) is 5.75 Å². The van der Waals surface area contributed by atoms with Gasteiger partial charge in [0.1, 0.15) is 11.6 Å². The lowest BCUT2D eigenvalue weighted by atomic mass is 10.2. The quantitative estimate of drug-likeness (QED) is 0.720.